The van der Waals surface area contributed by atoms with Crippen LogP contribution < -0.4 is 14.3 Å². The van der Waals surface area contributed by atoms with E-state index in [4.69, 9.17) is 46.4 Å². The lowest BCUT2D eigenvalue weighted by atomic mass is 10.2. The Morgan fingerprint density at radius 1 is 0.861 bits per heavy atom. The van der Waals surface area contributed by atoms with Gasteiger partial charge in [-0.3, -0.25) is 13.8 Å². The number of hydrogen-bond donors (Lipinski definition) is 2. The van der Waals surface area contributed by atoms with Crippen LogP contribution in [0.5, 0.6) is 0 Å². The van der Waals surface area contributed by atoms with E-state index in [0.717, 1.165) is 10.6 Å². The van der Waals surface area contributed by atoms with Gasteiger partial charge in [-0.05, 0) is 61.0 Å². The molecule has 2 N–H and O–H groups in total. The van der Waals surface area contributed by atoms with Gasteiger partial charge in [-0.1, -0.05) is 52.5 Å². The van der Waals surface area contributed by atoms with Gasteiger partial charge in [0.15, 0.2) is 0 Å². The maximum atomic E-state index is 12.7. The Hall–Kier alpha value is -2.21. The summed E-state index contributed by atoms with van der Waals surface area (Å²) in [6.45, 7) is 1.07. The molecule has 0 unspecified atom stereocenters. The molecule has 0 aliphatic heterocycles. The molecular formula is C22H19Cl4N3O5S2. The third-order valence-corrected chi connectivity index (χ3v) is 8.85. The molecule has 14 heteroatoms. The lowest BCUT2D eigenvalue weighted by Gasteiger charge is -2.23. The minimum absolute atomic E-state index is 0.0142. The monoisotopic (exact) mass is 609 g/mol. The van der Waals surface area contributed by atoms with Crippen LogP contribution in [0.25, 0.3) is 0 Å². The van der Waals surface area contributed by atoms with Crippen molar-refractivity contribution in [1.82, 2.24) is 0 Å². The molecule has 8 nitrogen and oxygen atoms in total. The predicted molar refractivity (Wildman–Crippen MR) is 146 cm³/mol. The van der Waals surface area contributed by atoms with E-state index in [1.807, 2.05) is 0 Å². The third kappa shape index (κ3) is 6.76. The summed E-state index contributed by atoms with van der Waals surface area (Å²) in [6, 6.07) is 12.7. The van der Waals surface area contributed by atoms with Crippen molar-refractivity contribution in [3.05, 3.63) is 80.3 Å². The minimum atomic E-state index is -3.93. The van der Waals surface area contributed by atoms with Crippen LogP contribution in [0.1, 0.15) is 5.56 Å². The number of anilines is 3. The van der Waals surface area contributed by atoms with Gasteiger partial charge in [0.1, 0.15) is 6.54 Å². The molecule has 0 saturated carbocycles. The Balaban J connectivity index is 1.77. The Bertz CT molecular complexity index is 1530. The van der Waals surface area contributed by atoms with Crippen LogP contribution in [-0.2, 0) is 24.8 Å². The molecule has 0 bridgehead atoms. The quantitative estimate of drug-likeness (QED) is 0.312. The van der Waals surface area contributed by atoms with Gasteiger partial charge in [-0.25, -0.2) is 16.8 Å². The average molecular weight is 611 g/mol. The summed E-state index contributed by atoms with van der Waals surface area (Å²) in [5.74, 6) is -0.703. The number of rotatable bonds is 8. The molecule has 3 rings (SSSR count). The number of sulfonamides is 2. The lowest BCUT2D eigenvalue weighted by molar-refractivity contribution is -0.114. The fourth-order valence-corrected chi connectivity index (χ4v) is 5.91. The van der Waals surface area contributed by atoms with Crippen molar-refractivity contribution < 1.29 is 21.6 Å². The number of carbonyl (C=O) groups is 1. The molecular weight excluding hydrogens is 592 g/mol. The molecule has 0 aliphatic carbocycles. The molecule has 0 spiro atoms. The molecule has 0 fully saturated rings. The maximum absolute atomic E-state index is 12.7. The Kier molecular flexibility index (Phi) is 8.70. The van der Waals surface area contributed by atoms with Crippen molar-refractivity contribution in [1.29, 1.82) is 0 Å². The topological polar surface area (TPSA) is 113 Å². The van der Waals surface area contributed by atoms with Gasteiger partial charge in [0.05, 0.1) is 37.6 Å². The number of nitrogens with zero attached hydrogens (tertiary/aromatic N) is 1. The van der Waals surface area contributed by atoms with Gasteiger partial charge in [0.2, 0.25) is 15.9 Å². The molecule has 0 aromatic heterocycles. The predicted octanol–water partition coefficient (Wildman–Crippen LogP) is 5.81. The highest BCUT2D eigenvalue weighted by atomic mass is 35.5. The highest BCUT2D eigenvalue weighted by molar-refractivity contribution is 7.92. The number of hydrogen-bond acceptors (Lipinski definition) is 5. The van der Waals surface area contributed by atoms with Crippen LogP contribution in [0.15, 0.2) is 59.5 Å². The van der Waals surface area contributed by atoms with Crippen LogP contribution in [0.3, 0.4) is 0 Å². The van der Waals surface area contributed by atoms with E-state index in [0.29, 0.717) is 16.3 Å². The first kappa shape index (κ1) is 28.4. The second-order valence-corrected chi connectivity index (χ2v) is 12.8. The maximum Gasteiger partial charge on any atom is 0.261 e. The molecule has 0 aliphatic rings. The summed E-state index contributed by atoms with van der Waals surface area (Å²) < 4.78 is 53.4. The molecule has 1 amide bonds. The first-order valence-electron chi connectivity index (χ1n) is 9.99. The zero-order chi connectivity index (χ0) is 26.8. The van der Waals surface area contributed by atoms with Crippen molar-refractivity contribution in [2.75, 3.05) is 27.1 Å². The van der Waals surface area contributed by atoms with Crippen molar-refractivity contribution in [2.45, 2.75) is 11.8 Å². The van der Waals surface area contributed by atoms with Gasteiger partial charge < -0.3 is 5.32 Å². The number of benzene rings is 3. The van der Waals surface area contributed by atoms with Crippen molar-refractivity contribution in [2.24, 2.45) is 0 Å². The van der Waals surface area contributed by atoms with Gasteiger partial charge in [-0.15, -0.1) is 0 Å². The van der Waals surface area contributed by atoms with E-state index in [9.17, 15) is 21.6 Å². The Labute approximate surface area is 229 Å². The Morgan fingerprint density at radius 3 is 2.08 bits per heavy atom. The van der Waals surface area contributed by atoms with E-state index in [2.05, 4.69) is 10.0 Å². The number of nitrogens with one attached hydrogen (secondary N) is 2. The van der Waals surface area contributed by atoms with Crippen LogP contribution in [0.4, 0.5) is 17.1 Å². The summed E-state index contributed by atoms with van der Waals surface area (Å²) in [4.78, 5) is 12.6. The highest BCUT2D eigenvalue weighted by Gasteiger charge is 2.24. The third-order valence-electron chi connectivity index (χ3n) is 4.91. The SMILES string of the molecule is Cc1c(Cl)cccc1NS(=O)(=O)c1ccc(NC(=O)CN(c2cc(Cl)c(Cl)cc2Cl)S(C)(=O)=O)cc1. The van der Waals surface area contributed by atoms with Crippen LogP contribution in [-0.4, -0.2) is 35.5 Å². The second-order valence-electron chi connectivity index (χ2n) is 7.58. The molecule has 3 aromatic carbocycles. The zero-order valence-electron chi connectivity index (χ0n) is 18.7. The fourth-order valence-electron chi connectivity index (χ4n) is 3.05. The average Bonchev–Trinajstić information content (AvgIpc) is 2.77. The number of halogens is 4. The highest BCUT2D eigenvalue weighted by Crippen LogP contribution is 2.35. The second kappa shape index (κ2) is 11.0. The first-order chi connectivity index (χ1) is 16.7. The molecule has 0 atom stereocenters. The fraction of sp³-hybridized carbons (Fsp3) is 0.136. The summed E-state index contributed by atoms with van der Waals surface area (Å²) in [7, 11) is -7.86. The van der Waals surface area contributed by atoms with Gasteiger partial charge in [-0.2, -0.15) is 0 Å². The van der Waals surface area contributed by atoms with Crippen LogP contribution in [0, 0.1) is 6.92 Å². The Morgan fingerprint density at radius 2 is 1.47 bits per heavy atom. The van der Waals surface area contributed by atoms with E-state index in [1.54, 1.807) is 25.1 Å². The molecule has 0 heterocycles. The normalized spacial score (nSPS) is 11.7. The summed E-state index contributed by atoms with van der Waals surface area (Å²) in [5, 5.41) is 3.11. The summed E-state index contributed by atoms with van der Waals surface area (Å²) >= 11 is 24.1. The largest absolute Gasteiger partial charge is 0.325 e. The van der Waals surface area contributed by atoms with Crippen molar-refractivity contribution in [3.63, 3.8) is 0 Å². The minimum Gasteiger partial charge on any atom is -0.325 e. The van der Waals surface area contributed by atoms with Crippen molar-refractivity contribution >= 4 is 89.4 Å². The molecule has 0 saturated heterocycles. The summed E-state index contributed by atoms with van der Waals surface area (Å²) in [6.07, 6.45) is 0.910. The molecule has 192 valence electrons. The number of carbonyl (C=O) groups excluding carboxylic acids is 1. The molecule has 3 aromatic rings. The van der Waals surface area contributed by atoms with Crippen molar-refractivity contribution in [3.8, 4) is 0 Å². The molecule has 36 heavy (non-hydrogen) atoms. The van der Waals surface area contributed by atoms with E-state index < -0.39 is 32.5 Å². The van der Waals surface area contributed by atoms with E-state index in [1.165, 1.54) is 36.4 Å². The van der Waals surface area contributed by atoms with Crippen LogP contribution >= 0.6 is 46.4 Å². The standard InChI is InChI=1S/C22H19Cl4N3O5S2/c1-13-16(23)4-3-5-20(13)28-36(33,34)15-8-6-14(7-9-15)27-22(30)12-29(35(2,31)32)21-11-18(25)17(24)10-19(21)26/h3-11,28H,12H2,1-2H3,(H,27,30). The first-order valence-corrected chi connectivity index (χ1v) is 14.8. The van der Waals surface area contributed by atoms with Gasteiger partial charge >= 0.3 is 0 Å². The zero-order valence-corrected chi connectivity index (χ0v) is 23.4. The summed E-state index contributed by atoms with van der Waals surface area (Å²) in [5.41, 5.74) is 1.13. The van der Waals surface area contributed by atoms with E-state index >= 15 is 0 Å². The lowest BCUT2D eigenvalue weighted by Crippen LogP contribution is -2.37. The molecule has 0 radical (unpaired) electrons. The van der Waals surface area contributed by atoms with Gasteiger partial charge in [0.25, 0.3) is 10.0 Å². The van der Waals surface area contributed by atoms with E-state index in [-0.39, 0.29) is 31.3 Å². The van der Waals surface area contributed by atoms with Crippen LogP contribution in [0.2, 0.25) is 20.1 Å². The number of amides is 1. The van der Waals surface area contributed by atoms with Gasteiger partial charge in [0, 0.05) is 10.7 Å². The smallest absolute Gasteiger partial charge is 0.261 e.